The summed E-state index contributed by atoms with van der Waals surface area (Å²) in [6.45, 7) is 7.34. The number of nitrogens with zero attached hydrogens (tertiary/aromatic N) is 4. The molecule has 1 aliphatic carbocycles. The largest absolute Gasteiger partial charge is 0.368 e. The van der Waals surface area contributed by atoms with Gasteiger partial charge in [0, 0.05) is 76.0 Å². The molecular formula is C23H28N6O. The van der Waals surface area contributed by atoms with Gasteiger partial charge in [-0.05, 0) is 42.7 Å². The Labute approximate surface area is 177 Å². The molecule has 1 amide bonds. The minimum atomic E-state index is 0.0515. The van der Waals surface area contributed by atoms with Crippen molar-refractivity contribution in [3.63, 3.8) is 0 Å². The van der Waals surface area contributed by atoms with Crippen molar-refractivity contribution in [3.8, 4) is 11.4 Å². The summed E-state index contributed by atoms with van der Waals surface area (Å²) < 4.78 is 0. The number of aromatic nitrogens is 2. The van der Waals surface area contributed by atoms with Gasteiger partial charge in [0.1, 0.15) is 0 Å². The second kappa shape index (κ2) is 8.53. The molecule has 0 spiro atoms. The van der Waals surface area contributed by atoms with E-state index < -0.39 is 0 Å². The number of amides is 1. The van der Waals surface area contributed by atoms with Crippen molar-refractivity contribution < 1.29 is 4.79 Å². The van der Waals surface area contributed by atoms with Crippen LogP contribution >= 0.6 is 0 Å². The molecule has 7 nitrogen and oxygen atoms in total. The number of nitrogens with one attached hydrogen (secondary N) is 2. The van der Waals surface area contributed by atoms with Crippen molar-refractivity contribution in [2.24, 2.45) is 0 Å². The van der Waals surface area contributed by atoms with E-state index >= 15 is 0 Å². The van der Waals surface area contributed by atoms with Crippen LogP contribution in [-0.2, 0) is 0 Å². The molecule has 7 heteroatoms. The molecule has 0 atom stereocenters. The highest BCUT2D eigenvalue weighted by Gasteiger charge is 2.25. The summed E-state index contributed by atoms with van der Waals surface area (Å²) in [7, 11) is 0. The number of piperazine rings is 2. The number of pyridine rings is 2. The predicted octanol–water partition coefficient (Wildman–Crippen LogP) is 1.60. The van der Waals surface area contributed by atoms with Crippen LogP contribution in [0.1, 0.15) is 28.8 Å². The molecule has 2 aromatic rings. The van der Waals surface area contributed by atoms with E-state index in [-0.39, 0.29) is 5.91 Å². The van der Waals surface area contributed by atoms with Gasteiger partial charge >= 0.3 is 0 Å². The first-order valence-electron chi connectivity index (χ1n) is 10.9. The topological polar surface area (TPSA) is 73.4 Å². The Morgan fingerprint density at radius 2 is 1.27 bits per heavy atom. The quantitative estimate of drug-likeness (QED) is 0.807. The van der Waals surface area contributed by atoms with Crippen LogP contribution in [0.3, 0.4) is 0 Å². The average Bonchev–Trinajstić information content (AvgIpc) is 3.66. The van der Waals surface area contributed by atoms with E-state index in [4.69, 9.17) is 4.98 Å². The van der Waals surface area contributed by atoms with Gasteiger partial charge in [-0.25, -0.2) is 0 Å². The Bertz CT molecular complexity index is 919. The molecule has 2 aromatic heterocycles. The van der Waals surface area contributed by atoms with E-state index in [0.29, 0.717) is 5.56 Å². The van der Waals surface area contributed by atoms with Crippen LogP contribution in [0.25, 0.3) is 17.1 Å². The summed E-state index contributed by atoms with van der Waals surface area (Å²) in [5, 5.41) is 6.69. The molecule has 0 unspecified atom stereocenters. The van der Waals surface area contributed by atoms with Gasteiger partial charge in [0.15, 0.2) is 0 Å². The molecule has 0 aromatic carbocycles. The third kappa shape index (κ3) is 4.08. The second-order valence-electron chi connectivity index (χ2n) is 8.10. The van der Waals surface area contributed by atoms with Crippen LogP contribution in [0.4, 0.5) is 0 Å². The predicted molar refractivity (Wildman–Crippen MR) is 117 cm³/mol. The minimum absolute atomic E-state index is 0.0515. The molecular weight excluding hydrogens is 376 g/mol. The lowest BCUT2D eigenvalue weighted by Crippen LogP contribution is -2.46. The molecule has 0 radical (unpaired) electrons. The molecule has 30 heavy (non-hydrogen) atoms. The molecule has 3 fully saturated rings. The number of allylic oxidation sites excluding steroid dienone is 1. The molecule has 5 rings (SSSR count). The van der Waals surface area contributed by atoms with Crippen molar-refractivity contribution in [3.05, 3.63) is 53.4 Å². The second-order valence-corrected chi connectivity index (χ2v) is 8.10. The molecule has 2 N–H and O–H groups in total. The van der Waals surface area contributed by atoms with Crippen LogP contribution in [0.2, 0.25) is 0 Å². The smallest absolute Gasteiger partial charge is 0.255 e. The highest BCUT2D eigenvalue weighted by atomic mass is 16.2. The van der Waals surface area contributed by atoms with Crippen LogP contribution in [0, 0.1) is 0 Å². The van der Waals surface area contributed by atoms with Crippen molar-refractivity contribution in [1.29, 1.82) is 0 Å². The van der Waals surface area contributed by atoms with Crippen LogP contribution in [0.5, 0.6) is 0 Å². The van der Waals surface area contributed by atoms with E-state index in [0.717, 1.165) is 63.7 Å². The number of hydrogen-bond acceptors (Lipinski definition) is 6. The Morgan fingerprint density at radius 1 is 0.733 bits per heavy atom. The SMILES string of the molecule is O=C(c1ccc(-c2ccc(C(=C3CC3)N3CCNCC3)cn2)nc1)N1CCNCC1. The molecule has 0 bridgehead atoms. The molecule has 1 saturated carbocycles. The van der Waals surface area contributed by atoms with Gasteiger partial charge in [-0.3, -0.25) is 14.8 Å². The van der Waals surface area contributed by atoms with E-state index in [1.54, 1.807) is 11.8 Å². The van der Waals surface area contributed by atoms with Gasteiger partial charge in [0.2, 0.25) is 0 Å². The van der Waals surface area contributed by atoms with Gasteiger partial charge in [-0.15, -0.1) is 0 Å². The lowest BCUT2D eigenvalue weighted by Gasteiger charge is -2.32. The fourth-order valence-corrected chi connectivity index (χ4v) is 4.21. The van der Waals surface area contributed by atoms with Crippen molar-refractivity contribution in [1.82, 2.24) is 30.4 Å². The fraction of sp³-hybridized carbons (Fsp3) is 0.435. The number of carbonyl (C=O) groups is 1. The van der Waals surface area contributed by atoms with Crippen LogP contribution in [0.15, 0.2) is 42.2 Å². The molecule has 2 aliphatic heterocycles. The maximum Gasteiger partial charge on any atom is 0.255 e. The molecule has 2 saturated heterocycles. The summed E-state index contributed by atoms with van der Waals surface area (Å²) in [6, 6.07) is 7.96. The normalized spacial score (nSPS) is 19.0. The third-order valence-electron chi connectivity index (χ3n) is 5.98. The summed E-state index contributed by atoms with van der Waals surface area (Å²) in [5.74, 6) is 0.0515. The van der Waals surface area contributed by atoms with Crippen LogP contribution in [-0.4, -0.2) is 78.0 Å². The summed E-state index contributed by atoms with van der Waals surface area (Å²) in [4.78, 5) is 26.2. The van der Waals surface area contributed by atoms with Gasteiger partial charge in [0.05, 0.1) is 17.0 Å². The Morgan fingerprint density at radius 3 is 1.77 bits per heavy atom. The summed E-state index contributed by atoms with van der Waals surface area (Å²) >= 11 is 0. The van der Waals surface area contributed by atoms with Gasteiger partial charge in [0.25, 0.3) is 5.91 Å². The zero-order valence-corrected chi connectivity index (χ0v) is 17.2. The minimum Gasteiger partial charge on any atom is -0.368 e. The van der Waals surface area contributed by atoms with Gasteiger partial charge in [-0.1, -0.05) is 0 Å². The van der Waals surface area contributed by atoms with E-state index in [2.05, 4.69) is 26.6 Å². The summed E-state index contributed by atoms with van der Waals surface area (Å²) in [5.41, 5.74) is 6.37. The third-order valence-corrected chi connectivity index (χ3v) is 5.98. The maximum atomic E-state index is 12.6. The number of hydrogen-bond donors (Lipinski definition) is 2. The average molecular weight is 405 g/mol. The molecule has 156 valence electrons. The maximum absolute atomic E-state index is 12.6. The Balaban J connectivity index is 1.32. The van der Waals surface area contributed by atoms with Crippen molar-refractivity contribution >= 4 is 11.6 Å². The van der Waals surface area contributed by atoms with Crippen molar-refractivity contribution in [2.75, 3.05) is 52.4 Å². The molecule has 4 heterocycles. The lowest BCUT2D eigenvalue weighted by molar-refractivity contribution is 0.0735. The monoisotopic (exact) mass is 404 g/mol. The standard InChI is InChI=1S/C23H28N6O/c30-23(29-13-9-25-10-14-29)19-4-6-21(27-16-19)20-5-3-18(15-26-20)22(17-1-2-17)28-11-7-24-8-12-28/h3-6,15-16,24-25H,1-2,7-14H2. The first kappa shape index (κ1) is 19.2. The zero-order chi connectivity index (χ0) is 20.3. The van der Waals surface area contributed by atoms with Crippen molar-refractivity contribution in [2.45, 2.75) is 12.8 Å². The van der Waals surface area contributed by atoms with Crippen LogP contribution < -0.4 is 10.6 Å². The van der Waals surface area contributed by atoms with Gasteiger partial charge in [-0.2, -0.15) is 0 Å². The lowest BCUT2D eigenvalue weighted by atomic mass is 10.1. The highest BCUT2D eigenvalue weighted by Crippen LogP contribution is 2.38. The first-order valence-corrected chi connectivity index (χ1v) is 10.9. The summed E-state index contributed by atoms with van der Waals surface area (Å²) in [6.07, 6.45) is 6.05. The van der Waals surface area contributed by atoms with Gasteiger partial charge < -0.3 is 20.4 Å². The number of rotatable bonds is 4. The Kier molecular flexibility index (Phi) is 5.46. The zero-order valence-electron chi connectivity index (χ0n) is 17.2. The van der Waals surface area contributed by atoms with E-state index in [9.17, 15) is 4.79 Å². The highest BCUT2D eigenvalue weighted by molar-refractivity contribution is 5.94. The first-order chi connectivity index (χ1) is 14.8. The molecule has 3 aliphatic rings. The Hall–Kier alpha value is -2.77. The number of carbonyl (C=O) groups excluding carboxylic acids is 1. The fourth-order valence-electron chi connectivity index (χ4n) is 4.21. The van der Waals surface area contributed by atoms with E-state index in [1.165, 1.54) is 24.1 Å². The van der Waals surface area contributed by atoms with E-state index in [1.807, 2.05) is 29.3 Å².